The molecule has 8 heteroatoms. The lowest BCUT2D eigenvalue weighted by atomic mass is 9.43. The Kier molecular flexibility index (Phi) is 5.93. The minimum atomic E-state index is -1.20. The lowest BCUT2D eigenvalue weighted by Gasteiger charge is -2.62. The number of nitrogens with one attached hydrogen (secondary N) is 1. The Morgan fingerprint density at radius 3 is 2.65 bits per heavy atom. The summed E-state index contributed by atoms with van der Waals surface area (Å²) < 4.78 is 0. The maximum Gasteiger partial charge on any atom is 0.141 e. The molecule has 1 aliphatic heterocycles. The molecule has 0 aromatic heterocycles. The van der Waals surface area contributed by atoms with Gasteiger partial charge in [0.05, 0.1) is 11.4 Å². The first kappa shape index (κ1) is 23.0. The number of aliphatic hydroxyl groups is 1. The van der Waals surface area contributed by atoms with Crippen LogP contribution in [0.25, 0.3) is 0 Å². The Morgan fingerprint density at radius 2 is 1.94 bits per heavy atom. The van der Waals surface area contributed by atoms with Crippen LogP contribution in [0.15, 0.2) is 10.3 Å². The van der Waals surface area contributed by atoms with E-state index in [1.54, 1.807) is 0 Å². The van der Waals surface area contributed by atoms with Crippen molar-refractivity contribution in [3.05, 3.63) is 0 Å². The maximum absolute atomic E-state index is 12.6. The van der Waals surface area contributed by atoms with E-state index in [9.17, 15) is 15.1 Å². The summed E-state index contributed by atoms with van der Waals surface area (Å²) in [7, 11) is 0. The Labute approximate surface area is 190 Å². The monoisotopic (exact) mass is 453 g/mol. The fourth-order valence-corrected chi connectivity index (χ4v) is 7.72. The standard InChI is InChI=1S/C23H35N3O4.ClH/c1-21-8-6-18-16(17(21)3-4-20(21)27)11-19(25-29)23(28)12-14(5-9-22(18,23)2)26-30-15-7-10-24-13-15;/h15-18,24,28-29H,3-13H2,1-2H3;1H/b25-19+,26-14+;/t15-,16+,17+,18+,21+,22-,23+;/m1./s1. The zero-order valence-corrected chi connectivity index (χ0v) is 19.4. The third-order valence-electron chi connectivity index (χ3n) is 9.68. The Hall–Kier alpha value is -1.18. The Balaban J connectivity index is 0.00000231. The van der Waals surface area contributed by atoms with Crippen molar-refractivity contribution in [2.45, 2.75) is 83.3 Å². The normalized spacial score (nSPS) is 49.3. The largest absolute Gasteiger partial charge is 0.411 e. The molecule has 7 nitrogen and oxygen atoms in total. The quantitative estimate of drug-likeness (QED) is 0.439. The van der Waals surface area contributed by atoms with E-state index in [1.807, 2.05) is 0 Å². The number of carbonyl (C=O) groups is 1. The molecule has 0 unspecified atom stereocenters. The van der Waals surface area contributed by atoms with Crippen LogP contribution >= 0.6 is 12.4 Å². The molecular formula is C23H36ClN3O4. The number of oxime groups is 2. The number of rotatable bonds is 2. The lowest BCUT2D eigenvalue weighted by Crippen LogP contribution is -2.66. The summed E-state index contributed by atoms with van der Waals surface area (Å²) in [6.07, 6.45) is 7.04. The van der Waals surface area contributed by atoms with Crippen LogP contribution in [0.1, 0.15) is 71.6 Å². The SMILES string of the molecule is C[C@]12CC[C@H]3[C@@H](C/C(=N\O)[C@@]4(O)C/C(=N/O[C@@H]5CCNC5)CC[C@]34C)[C@@H]1CCC2=O.Cl. The van der Waals surface area contributed by atoms with E-state index in [2.05, 4.69) is 29.5 Å². The molecule has 0 spiro atoms. The second-order valence-electron chi connectivity index (χ2n) is 10.9. The van der Waals surface area contributed by atoms with Crippen molar-refractivity contribution in [1.29, 1.82) is 0 Å². The number of fused-ring (bicyclic) bond motifs is 5. The number of carbonyl (C=O) groups excluding carboxylic acids is 1. The highest BCUT2D eigenvalue weighted by atomic mass is 35.5. The molecule has 5 aliphatic rings. The van der Waals surface area contributed by atoms with Gasteiger partial charge in [-0.25, -0.2) is 0 Å². The van der Waals surface area contributed by atoms with Crippen LogP contribution < -0.4 is 5.32 Å². The number of hydrogen-bond acceptors (Lipinski definition) is 7. The van der Waals surface area contributed by atoms with E-state index in [-0.39, 0.29) is 29.3 Å². The van der Waals surface area contributed by atoms with E-state index < -0.39 is 5.60 Å². The maximum atomic E-state index is 12.6. The molecule has 0 amide bonds. The van der Waals surface area contributed by atoms with Gasteiger partial charge in [-0.2, -0.15) is 0 Å². The van der Waals surface area contributed by atoms with Gasteiger partial charge in [0.2, 0.25) is 0 Å². The van der Waals surface area contributed by atoms with E-state index in [4.69, 9.17) is 4.84 Å². The summed E-state index contributed by atoms with van der Waals surface area (Å²) in [6.45, 7) is 6.07. The third kappa shape index (κ3) is 3.25. The highest BCUT2D eigenvalue weighted by Gasteiger charge is 2.66. The second-order valence-corrected chi connectivity index (χ2v) is 10.9. The number of hydrogen-bond donors (Lipinski definition) is 3. The summed E-state index contributed by atoms with van der Waals surface area (Å²) in [5.41, 5.74) is -0.479. The van der Waals surface area contributed by atoms with E-state index in [1.165, 1.54) is 0 Å². The number of ketones is 1. The van der Waals surface area contributed by atoms with E-state index in [0.29, 0.717) is 48.5 Å². The summed E-state index contributed by atoms with van der Waals surface area (Å²) in [4.78, 5) is 18.4. The summed E-state index contributed by atoms with van der Waals surface area (Å²) in [5.74, 6) is 1.36. The van der Waals surface area contributed by atoms with Gasteiger partial charge in [-0.1, -0.05) is 24.2 Å². The highest BCUT2D eigenvalue weighted by Crippen LogP contribution is 2.65. The molecule has 7 atom stereocenters. The predicted molar refractivity (Wildman–Crippen MR) is 120 cm³/mol. The molecule has 1 heterocycles. The molecule has 4 aliphatic carbocycles. The molecule has 0 radical (unpaired) electrons. The van der Waals surface area contributed by atoms with Gasteiger partial charge in [0, 0.05) is 36.6 Å². The summed E-state index contributed by atoms with van der Waals surface area (Å²) in [6, 6.07) is 0. The zero-order valence-electron chi connectivity index (χ0n) is 18.6. The molecule has 174 valence electrons. The fraction of sp³-hybridized carbons (Fsp3) is 0.870. The molecule has 5 rings (SSSR count). The molecule has 0 aromatic carbocycles. The summed E-state index contributed by atoms with van der Waals surface area (Å²) in [5, 5.41) is 33.2. The van der Waals surface area contributed by atoms with Crippen molar-refractivity contribution >= 4 is 29.6 Å². The molecular weight excluding hydrogens is 418 g/mol. The topological polar surface area (TPSA) is 104 Å². The number of nitrogens with zero attached hydrogens (tertiary/aromatic N) is 2. The van der Waals surface area contributed by atoms with E-state index >= 15 is 0 Å². The lowest BCUT2D eigenvalue weighted by molar-refractivity contribution is -0.146. The van der Waals surface area contributed by atoms with Crippen LogP contribution in [-0.2, 0) is 9.63 Å². The van der Waals surface area contributed by atoms with Crippen LogP contribution in [0.5, 0.6) is 0 Å². The van der Waals surface area contributed by atoms with Crippen molar-refractivity contribution in [3.8, 4) is 0 Å². The van der Waals surface area contributed by atoms with Crippen LogP contribution in [0.2, 0.25) is 0 Å². The number of Topliss-reactive ketones (excluding diaryl/α,β-unsaturated/α-hetero) is 1. The highest BCUT2D eigenvalue weighted by molar-refractivity contribution is 6.00. The van der Waals surface area contributed by atoms with Gasteiger partial charge in [0.15, 0.2) is 0 Å². The zero-order chi connectivity index (χ0) is 21.1. The average molecular weight is 454 g/mol. The first-order chi connectivity index (χ1) is 14.3. The van der Waals surface area contributed by atoms with Crippen LogP contribution in [0.4, 0.5) is 0 Å². The van der Waals surface area contributed by atoms with Gasteiger partial charge in [-0.15, -0.1) is 12.4 Å². The van der Waals surface area contributed by atoms with Crippen LogP contribution in [-0.4, -0.2) is 52.3 Å². The van der Waals surface area contributed by atoms with Crippen LogP contribution in [0, 0.1) is 28.6 Å². The molecule has 4 saturated carbocycles. The fourth-order valence-electron chi connectivity index (χ4n) is 7.72. The second kappa shape index (κ2) is 7.99. The molecule has 3 N–H and O–H groups in total. The minimum absolute atomic E-state index is 0. The molecule has 31 heavy (non-hydrogen) atoms. The molecule has 1 saturated heterocycles. The van der Waals surface area contributed by atoms with Gasteiger partial charge < -0.3 is 20.5 Å². The van der Waals surface area contributed by atoms with Crippen molar-refractivity contribution in [3.63, 3.8) is 0 Å². The minimum Gasteiger partial charge on any atom is -0.411 e. The molecule has 5 fully saturated rings. The third-order valence-corrected chi connectivity index (χ3v) is 9.68. The summed E-state index contributed by atoms with van der Waals surface area (Å²) >= 11 is 0. The van der Waals surface area contributed by atoms with Crippen molar-refractivity contribution in [2.24, 2.45) is 38.9 Å². The predicted octanol–water partition coefficient (Wildman–Crippen LogP) is 3.31. The van der Waals surface area contributed by atoms with Crippen molar-refractivity contribution in [1.82, 2.24) is 5.32 Å². The van der Waals surface area contributed by atoms with Crippen molar-refractivity contribution in [2.75, 3.05) is 13.1 Å². The first-order valence-corrected chi connectivity index (χ1v) is 11.7. The van der Waals surface area contributed by atoms with Gasteiger partial charge in [-0.05, 0) is 62.8 Å². The van der Waals surface area contributed by atoms with E-state index in [0.717, 1.165) is 57.3 Å². The number of halogens is 1. The van der Waals surface area contributed by atoms with Crippen molar-refractivity contribution < 1.29 is 19.9 Å². The van der Waals surface area contributed by atoms with Gasteiger partial charge in [0.25, 0.3) is 0 Å². The first-order valence-electron chi connectivity index (χ1n) is 11.7. The average Bonchev–Trinajstić information content (AvgIpc) is 3.35. The Morgan fingerprint density at radius 1 is 1.13 bits per heavy atom. The smallest absolute Gasteiger partial charge is 0.141 e. The van der Waals surface area contributed by atoms with Crippen LogP contribution in [0.3, 0.4) is 0 Å². The Bertz CT molecular complexity index is 798. The molecule has 0 aromatic rings. The van der Waals surface area contributed by atoms with Gasteiger partial charge >= 0.3 is 0 Å². The molecule has 0 bridgehead atoms. The van der Waals surface area contributed by atoms with Gasteiger partial charge in [-0.3, -0.25) is 4.79 Å². The van der Waals surface area contributed by atoms with Gasteiger partial charge in [0.1, 0.15) is 17.5 Å².